The molecule has 0 atom stereocenters. The van der Waals surface area contributed by atoms with Crippen LogP contribution < -0.4 is 4.90 Å². The molecule has 0 unspecified atom stereocenters. The lowest BCUT2D eigenvalue weighted by Crippen LogP contribution is -2.31. The van der Waals surface area contributed by atoms with Gasteiger partial charge in [-0.3, -0.25) is 14.9 Å². The van der Waals surface area contributed by atoms with Crippen LogP contribution in [0.5, 0.6) is 0 Å². The average molecular weight is 350 g/mol. The summed E-state index contributed by atoms with van der Waals surface area (Å²) in [6.07, 6.45) is 4.92. The van der Waals surface area contributed by atoms with Crippen molar-refractivity contribution < 1.29 is 4.39 Å². The Kier molecular flexibility index (Phi) is 4.80. The summed E-state index contributed by atoms with van der Waals surface area (Å²) in [6.45, 7) is 7.08. The summed E-state index contributed by atoms with van der Waals surface area (Å²) in [5.41, 5.74) is 4.41. The summed E-state index contributed by atoms with van der Waals surface area (Å²) in [5.74, 6) is -0.217. The lowest BCUT2D eigenvalue weighted by atomic mass is 10.2. The maximum absolute atomic E-state index is 13.3. The summed E-state index contributed by atoms with van der Waals surface area (Å²) in [4.78, 5) is 13.8. The molecule has 0 aliphatic carbocycles. The molecule has 1 fully saturated rings. The Morgan fingerprint density at radius 1 is 1.04 bits per heavy atom. The first-order valence-electron chi connectivity index (χ1n) is 9.12. The third kappa shape index (κ3) is 3.68. The van der Waals surface area contributed by atoms with E-state index in [0.29, 0.717) is 0 Å². The van der Waals surface area contributed by atoms with Crippen molar-refractivity contribution in [2.75, 3.05) is 31.1 Å². The molecule has 0 radical (unpaired) electrons. The topological polar surface area (TPSA) is 32.3 Å². The molecule has 1 saturated heterocycles. The Labute approximate surface area is 153 Å². The van der Waals surface area contributed by atoms with E-state index in [1.165, 1.54) is 23.4 Å². The number of fused-ring (bicyclic) bond motifs is 1. The molecule has 1 aliphatic rings. The number of nitrogens with zero attached hydrogens (tertiary/aromatic N) is 4. The Morgan fingerprint density at radius 3 is 2.85 bits per heavy atom. The molecule has 0 spiro atoms. The first-order chi connectivity index (χ1) is 12.7. The highest BCUT2D eigenvalue weighted by molar-refractivity contribution is 5.78. The minimum Gasteiger partial charge on any atom is -0.370 e. The Morgan fingerprint density at radius 2 is 1.96 bits per heavy atom. The van der Waals surface area contributed by atoms with Crippen LogP contribution in [0.25, 0.3) is 10.9 Å². The van der Waals surface area contributed by atoms with Gasteiger partial charge in [-0.1, -0.05) is 6.07 Å². The van der Waals surface area contributed by atoms with Crippen LogP contribution >= 0.6 is 0 Å². The predicted molar refractivity (Wildman–Crippen MR) is 103 cm³/mol. The molecule has 5 heteroatoms. The van der Waals surface area contributed by atoms with Gasteiger partial charge < -0.3 is 4.90 Å². The number of benzene rings is 1. The zero-order chi connectivity index (χ0) is 17.9. The SMILES string of the molecule is Cc1cnccc1N1CCCN(Cc2ccc3cc(F)ccc3n2)CC1. The largest absolute Gasteiger partial charge is 0.370 e. The molecule has 0 saturated carbocycles. The van der Waals surface area contributed by atoms with E-state index in [-0.39, 0.29) is 5.82 Å². The molecule has 0 N–H and O–H groups in total. The third-order valence-electron chi connectivity index (χ3n) is 5.01. The van der Waals surface area contributed by atoms with E-state index < -0.39 is 0 Å². The maximum Gasteiger partial charge on any atom is 0.123 e. The van der Waals surface area contributed by atoms with Crippen molar-refractivity contribution in [3.63, 3.8) is 0 Å². The number of pyridine rings is 2. The van der Waals surface area contributed by atoms with E-state index in [1.54, 1.807) is 6.07 Å². The van der Waals surface area contributed by atoms with Gasteiger partial charge >= 0.3 is 0 Å². The monoisotopic (exact) mass is 350 g/mol. The van der Waals surface area contributed by atoms with E-state index in [1.807, 2.05) is 24.5 Å². The van der Waals surface area contributed by atoms with Gasteiger partial charge in [-0.25, -0.2) is 4.39 Å². The van der Waals surface area contributed by atoms with E-state index in [4.69, 9.17) is 4.98 Å². The molecular formula is C21H23FN4. The number of anilines is 1. The van der Waals surface area contributed by atoms with E-state index in [2.05, 4.69) is 27.8 Å². The Hall–Kier alpha value is -2.53. The molecule has 2 aromatic heterocycles. The van der Waals surface area contributed by atoms with Crippen LogP contribution in [0.1, 0.15) is 17.7 Å². The number of aromatic nitrogens is 2. The van der Waals surface area contributed by atoms with E-state index in [0.717, 1.165) is 55.7 Å². The van der Waals surface area contributed by atoms with Gasteiger partial charge in [-0.15, -0.1) is 0 Å². The zero-order valence-corrected chi connectivity index (χ0v) is 15.0. The molecule has 134 valence electrons. The smallest absolute Gasteiger partial charge is 0.123 e. The van der Waals surface area contributed by atoms with Crippen molar-refractivity contribution in [1.82, 2.24) is 14.9 Å². The van der Waals surface area contributed by atoms with Gasteiger partial charge in [0.2, 0.25) is 0 Å². The van der Waals surface area contributed by atoms with Crippen LogP contribution in [0.2, 0.25) is 0 Å². The van der Waals surface area contributed by atoms with Crippen LogP contribution in [0.3, 0.4) is 0 Å². The fourth-order valence-electron chi connectivity index (χ4n) is 3.65. The first-order valence-corrected chi connectivity index (χ1v) is 9.12. The molecular weight excluding hydrogens is 327 g/mol. The van der Waals surface area contributed by atoms with Crippen LogP contribution in [0, 0.1) is 12.7 Å². The number of halogens is 1. The maximum atomic E-state index is 13.3. The highest BCUT2D eigenvalue weighted by Crippen LogP contribution is 2.21. The van der Waals surface area contributed by atoms with Gasteiger partial charge in [0.25, 0.3) is 0 Å². The van der Waals surface area contributed by atoms with Crippen molar-refractivity contribution in [2.45, 2.75) is 19.9 Å². The van der Waals surface area contributed by atoms with Gasteiger partial charge in [-0.2, -0.15) is 0 Å². The Balaban J connectivity index is 1.45. The second kappa shape index (κ2) is 7.38. The van der Waals surface area contributed by atoms with Crippen LogP contribution in [-0.4, -0.2) is 41.0 Å². The quantitative estimate of drug-likeness (QED) is 0.719. The summed E-state index contributed by atoms with van der Waals surface area (Å²) in [7, 11) is 0. The van der Waals surface area contributed by atoms with Crippen molar-refractivity contribution in [3.05, 3.63) is 65.9 Å². The van der Waals surface area contributed by atoms with Crippen molar-refractivity contribution >= 4 is 16.6 Å². The summed E-state index contributed by atoms with van der Waals surface area (Å²) >= 11 is 0. The minimum absolute atomic E-state index is 0.217. The summed E-state index contributed by atoms with van der Waals surface area (Å²) in [5, 5.41) is 0.851. The average Bonchev–Trinajstić information content (AvgIpc) is 2.88. The highest BCUT2D eigenvalue weighted by Gasteiger charge is 2.17. The van der Waals surface area contributed by atoms with E-state index in [9.17, 15) is 4.39 Å². The Bertz CT molecular complexity index is 911. The van der Waals surface area contributed by atoms with Gasteiger partial charge in [-0.05, 0) is 49.2 Å². The molecule has 0 amide bonds. The molecule has 4 nitrogen and oxygen atoms in total. The number of rotatable bonds is 3. The lowest BCUT2D eigenvalue weighted by Gasteiger charge is -2.25. The van der Waals surface area contributed by atoms with Gasteiger partial charge in [0, 0.05) is 56.2 Å². The van der Waals surface area contributed by atoms with Crippen LogP contribution in [0.15, 0.2) is 48.8 Å². The van der Waals surface area contributed by atoms with Crippen molar-refractivity contribution in [3.8, 4) is 0 Å². The van der Waals surface area contributed by atoms with Crippen molar-refractivity contribution in [2.24, 2.45) is 0 Å². The van der Waals surface area contributed by atoms with Crippen LogP contribution in [-0.2, 0) is 6.54 Å². The molecule has 26 heavy (non-hydrogen) atoms. The van der Waals surface area contributed by atoms with E-state index >= 15 is 0 Å². The fourth-order valence-corrected chi connectivity index (χ4v) is 3.65. The molecule has 0 bridgehead atoms. The highest BCUT2D eigenvalue weighted by atomic mass is 19.1. The second-order valence-corrected chi connectivity index (χ2v) is 6.92. The fraction of sp³-hybridized carbons (Fsp3) is 0.333. The normalized spacial score (nSPS) is 16.0. The van der Waals surface area contributed by atoms with Gasteiger partial charge in [0.15, 0.2) is 0 Å². The third-order valence-corrected chi connectivity index (χ3v) is 5.01. The minimum atomic E-state index is -0.217. The van der Waals surface area contributed by atoms with Crippen molar-refractivity contribution in [1.29, 1.82) is 0 Å². The molecule has 4 rings (SSSR count). The standard InChI is InChI=1S/C21H23FN4/c1-16-14-23-8-7-21(16)26-10-2-9-25(11-12-26)15-19-5-3-17-13-18(22)4-6-20(17)24-19/h3-8,13-14H,2,9-12,15H2,1H3. The van der Waals surface area contributed by atoms with Crippen LogP contribution in [0.4, 0.5) is 10.1 Å². The number of aryl methyl sites for hydroxylation is 1. The number of hydrogen-bond donors (Lipinski definition) is 0. The molecule has 3 heterocycles. The number of hydrogen-bond acceptors (Lipinski definition) is 4. The molecule has 1 aromatic carbocycles. The molecule has 1 aliphatic heterocycles. The second-order valence-electron chi connectivity index (χ2n) is 6.92. The van der Waals surface area contributed by atoms with Gasteiger partial charge in [0.1, 0.15) is 5.82 Å². The van der Waals surface area contributed by atoms with Gasteiger partial charge in [0.05, 0.1) is 11.2 Å². The lowest BCUT2D eigenvalue weighted by molar-refractivity contribution is 0.282. The summed E-state index contributed by atoms with van der Waals surface area (Å²) in [6, 6.07) is 10.8. The predicted octanol–water partition coefficient (Wildman–Crippen LogP) is 3.79. The summed E-state index contributed by atoms with van der Waals surface area (Å²) < 4.78 is 13.3. The zero-order valence-electron chi connectivity index (χ0n) is 15.0. The molecule has 3 aromatic rings. The first kappa shape index (κ1) is 16.9.